The van der Waals surface area contributed by atoms with Gasteiger partial charge in [0.1, 0.15) is 11.5 Å². The highest BCUT2D eigenvalue weighted by molar-refractivity contribution is 5.40. The molecule has 0 bridgehead atoms. The van der Waals surface area contributed by atoms with E-state index >= 15 is 0 Å². The first-order valence-electron chi connectivity index (χ1n) is 6.46. The molecule has 0 radical (unpaired) electrons. The number of hydrogen-bond donors (Lipinski definition) is 2. The summed E-state index contributed by atoms with van der Waals surface area (Å²) in [5, 5.41) is 6.77. The summed E-state index contributed by atoms with van der Waals surface area (Å²) in [4.78, 5) is 0. The van der Waals surface area contributed by atoms with E-state index in [0.717, 1.165) is 50.0 Å². The molecule has 1 heterocycles. The smallest absolute Gasteiger partial charge is 0.125 e. The van der Waals surface area contributed by atoms with Crippen LogP contribution < -0.4 is 20.1 Å². The Morgan fingerprint density at radius 1 is 1.28 bits per heavy atom. The Hall–Kier alpha value is -1.26. The van der Waals surface area contributed by atoms with Crippen LogP contribution in [0, 0.1) is 5.92 Å². The fourth-order valence-electron chi connectivity index (χ4n) is 2.08. The lowest BCUT2D eigenvalue weighted by Gasteiger charge is -2.27. The second kappa shape index (κ2) is 6.61. The van der Waals surface area contributed by atoms with Crippen molar-refractivity contribution >= 4 is 0 Å². The summed E-state index contributed by atoms with van der Waals surface area (Å²) < 4.78 is 10.6. The van der Waals surface area contributed by atoms with Gasteiger partial charge in [-0.25, -0.2) is 0 Å². The Morgan fingerprint density at radius 3 is 2.72 bits per heavy atom. The van der Waals surface area contributed by atoms with E-state index in [-0.39, 0.29) is 0 Å². The van der Waals surface area contributed by atoms with Crippen LogP contribution in [0.4, 0.5) is 0 Å². The fraction of sp³-hybridized carbons (Fsp3) is 0.571. The summed E-state index contributed by atoms with van der Waals surface area (Å²) in [6, 6.07) is 5.99. The van der Waals surface area contributed by atoms with Crippen LogP contribution in [0.3, 0.4) is 0 Å². The Balaban J connectivity index is 1.80. The van der Waals surface area contributed by atoms with Crippen LogP contribution in [0.5, 0.6) is 11.5 Å². The summed E-state index contributed by atoms with van der Waals surface area (Å²) >= 11 is 0. The molecule has 4 heteroatoms. The normalized spacial score (nSPS) is 15.2. The molecule has 0 atom stereocenters. The predicted octanol–water partition coefficient (Wildman–Crippen LogP) is 1.06. The van der Waals surface area contributed by atoms with Gasteiger partial charge in [0, 0.05) is 25.7 Å². The van der Waals surface area contributed by atoms with Crippen LogP contribution in [-0.2, 0) is 6.42 Å². The third kappa shape index (κ3) is 3.37. The van der Waals surface area contributed by atoms with E-state index in [1.807, 2.05) is 12.1 Å². The van der Waals surface area contributed by atoms with E-state index < -0.39 is 0 Å². The topological polar surface area (TPSA) is 42.5 Å². The average Bonchev–Trinajstić information content (AvgIpc) is 2.36. The van der Waals surface area contributed by atoms with E-state index in [4.69, 9.17) is 9.47 Å². The SMILES string of the molecule is COc1ccc(CCNCC2CNC2)c(OC)c1. The van der Waals surface area contributed by atoms with Crippen molar-refractivity contribution in [1.82, 2.24) is 10.6 Å². The third-order valence-corrected chi connectivity index (χ3v) is 3.36. The lowest BCUT2D eigenvalue weighted by molar-refractivity contribution is 0.332. The number of benzene rings is 1. The summed E-state index contributed by atoms with van der Waals surface area (Å²) in [6.45, 7) is 4.39. The molecular weight excluding hydrogens is 228 g/mol. The van der Waals surface area contributed by atoms with E-state index in [1.165, 1.54) is 5.56 Å². The monoisotopic (exact) mass is 250 g/mol. The van der Waals surface area contributed by atoms with Crippen LogP contribution >= 0.6 is 0 Å². The summed E-state index contributed by atoms with van der Waals surface area (Å²) in [7, 11) is 3.37. The quantitative estimate of drug-likeness (QED) is 0.710. The molecule has 0 saturated carbocycles. The molecule has 1 aromatic rings. The average molecular weight is 250 g/mol. The van der Waals surface area contributed by atoms with E-state index in [1.54, 1.807) is 14.2 Å². The molecule has 100 valence electrons. The van der Waals surface area contributed by atoms with Crippen LogP contribution in [0.1, 0.15) is 5.56 Å². The van der Waals surface area contributed by atoms with Crippen molar-refractivity contribution in [3.8, 4) is 11.5 Å². The first-order valence-corrected chi connectivity index (χ1v) is 6.46. The van der Waals surface area contributed by atoms with Crippen molar-refractivity contribution in [3.63, 3.8) is 0 Å². The summed E-state index contributed by atoms with van der Waals surface area (Å²) in [5.74, 6) is 2.55. The minimum absolute atomic E-state index is 0.808. The van der Waals surface area contributed by atoms with Crippen molar-refractivity contribution in [2.45, 2.75) is 6.42 Å². The maximum absolute atomic E-state index is 5.38. The van der Waals surface area contributed by atoms with Crippen LogP contribution in [-0.4, -0.2) is 40.4 Å². The maximum atomic E-state index is 5.38. The van der Waals surface area contributed by atoms with E-state index in [0.29, 0.717) is 0 Å². The molecule has 0 aromatic heterocycles. The lowest BCUT2D eigenvalue weighted by atomic mass is 10.0. The highest BCUT2D eigenvalue weighted by Crippen LogP contribution is 2.24. The van der Waals surface area contributed by atoms with Gasteiger partial charge >= 0.3 is 0 Å². The minimum Gasteiger partial charge on any atom is -0.497 e. The number of ether oxygens (including phenoxy) is 2. The van der Waals surface area contributed by atoms with Gasteiger partial charge in [-0.2, -0.15) is 0 Å². The zero-order valence-electron chi connectivity index (χ0n) is 11.2. The summed E-state index contributed by atoms with van der Waals surface area (Å²) in [6.07, 6.45) is 0.979. The van der Waals surface area contributed by atoms with Gasteiger partial charge in [-0.05, 0) is 30.5 Å². The van der Waals surface area contributed by atoms with Gasteiger partial charge in [-0.15, -0.1) is 0 Å². The maximum Gasteiger partial charge on any atom is 0.125 e. The molecule has 1 saturated heterocycles. The Morgan fingerprint density at radius 2 is 2.11 bits per heavy atom. The molecule has 2 rings (SSSR count). The molecule has 0 spiro atoms. The molecule has 0 amide bonds. The molecular formula is C14H22N2O2. The Bertz CT molecular complexity index is 378. The molecule has 1 fully saturated rings. The third-order valence-electron chi connectivity index (χ3n) is 3.36. The van der Waals surface area contributed by atoms with Crippen molar-refractivity contribution in [2.24, 2.45) is 5.92 Å². The van der Waals surface area contributed by atoms with Crippen LogP contribution in [0.2, 0.25) is 0 Å². The van der Waals surface area contributed by atoms with Gasteiger partial charge in [-0.3, -0.25) is 0 Å². The standard InChI is InChI=1S/C14H22N2O2/c1-17-13-4-3-12(14(7-13)18-2)5-6-15-8-11-9-16-10-11/h3-4,7,11,15-16H,5-6,8-10H2,1-2H3. The number of rotatable bonds is 7. The molecule has 0 aliphatic carbocycles. The first kappa shape index (κ1) is 13.2. The second-order valence-electron chi connectivity index (χ2n) is 4.66. The highest BCUT2D eigenvalue weighted by Gasteiger charge is 2.15. The van der Waals surface area contributed by atoms with E-state index in [9.17, 15) is 0 Å². The van der Waals surface area contributed by atoms with Gasteiger partial charge in [0.2, 0.25) is 0 Å². The highest BCUT2D eigenvalue weighted by atomic mass is 16.5. The van der Waals surface area contributed by atoms with Gasteiger partial charge in [0.05, 0.1) is 14.2 Å². The molecule has 1 aliphatic rings. The van der Waals surface area contributed by atoms with Gasteiger partial charge in [0.15, 0.2) is 0 Å². The first-order chi connectivity index (χ1) is 8.83. The summed E-state index contributed by atoms with van der Waals surface area (Å²) in [5.41, 5.74) is 1.22. The second-order valence-corrected chi connectivity index (χ2v) is 4.66. The largest absolute Gasteiger partial charge is 0.497 e. The molecule has 18 heavy (non-hydrogen) atoms. The number of hydrogen-bond acceptors (Lipinski definition) is 4. The molecule has 0 unspecified atom stereocenters. The molecule has 4 nitrogen and oxygen atoms in total. The molecule has 1 aliphatic heterocycles. The predicted molar refractivity (Wildman–Crippen MR) is 72.5 cm³/mol. The zero-order valence-corrected chi connectivity index (χ0v) is 11.2. The van der Waals surface area contributed by atoms with Crippen molar-refractivity contribution in [2.75, 3.05) is 40.4 Å². The van der Waals surface area contributed by atoms with E-state index in [2.05, 4.69) is 16.7 Å². The Kier molecular flexibility index (Phi) is 4.84. The minimum atomic E-state index is 0.808. The number of nitrogens with one attached hydrogen (secondary N) is 2. The van der Waals surface area contributed by atoms with Gasteiger partial charge in [-0.1, -0.05) is 6.07 Å². The van der Waals surface area contributed by atoms with Crippen LogP contribution in [0.25, 0.3) is 0 Å². The Labute approximate surface area is 109 Å². The van der Waals surface area contributed by atoms with Gasteiger partial charge < -0.3 is 20.1 Å². The fourth-order valence-corrected chi connectivity index (χ4v) is 2.08. The van der Waals surface area contributed by atoms with Gasteiger partial charge in [0.25, 0.3) is 0 Å². The van der Waals surface area contributed by atoms with Crippen molar-refractivity contribution < 1.29 is 9.47 Å². The number of methoxy groups -OCH3 is 2. The van der Waals surface area contributed by atoms with Crippen LogP contribution in [0.15, 0.2) is 18.2 Å². The molecule has 1 aromatic carbocycles. The zero-order chi connectivity index (χ0) is 12.8. The lowest BCUT2D eigenvalue weighted by Crippen LogP contribution is -2.47. The molecule has 2 N–H and O–H groups in total. The van der Waals surface area contributed by atoms with Crippen molar-refractivity contribution in [1.29, 1.82) is 0 Å². The van der Waals surface area contributed by atoms with Crippen molar-refractivity contribution in [3.05, 3.63) is 23.8 Å².